The largest absolute Gasteiger partial charge is 0.496 e. The first-order valence-electron chi connectivity index (χ1n) is 5.42. The van der Waals surface area contributed by atoms with Gasteiger partial charge in [-0.1, -0.05) is 19.9 Å². The standard InChI is InChI=1S/C13H16F2O2/c1-9(2)6-10-4-5-12(17-3)11(7-10)13(14,15)8-16/h4-5,7-9H,6H2,1-3H3. The van der Waals surface area contributed by atoms with Crippen molar-refractivity contribution in [3.63, 3.8) is 0 Å². The van der Waals surface area contributed by atoms with E-state index < -0.39 is 5.92 Å². The molecule has 2 nitrogen and oxygen atoms in total. The molecule has 0 aliphatic heterocycles. The lowest BCUT2D eigenvalue weighted by Gasteiger charge is -2.16. The Morgan fingerprint density at radius 1 is 1.41 bits per heavy atom. The lowest BCUT2D eigenvalue weighted by molar-refractivity contribution is -0.130. The Hall–Kier alpha value is -1.45. The monoisotopic (exact) mass is 242 g/mol. The fraction of sp³-hybridized carbons (Fsp3) is 0.462. The Morgan fingerprint density at radius 3 is 2.53 bits per heavy atom. The van der Waals surface area contributed by atoms with Gasteiger partial charge in [0.2, 0.25) is 0 Å². The first kappa shape index (κ1) is 13.6. The van der Waals surface area contributed by atoms with Crippen LogP contribution in [0.25, 0.3) is 0 Å². The third kappa shape index (κ3) is 3.25. The van der Waals surface area contributed by atoms with E-state index in [2.05, 4.69) is 0 Å². The summed E-state index contributed by atoms with van der Waals surface area (Å²) in [6.45, 7) is 4.00. The van der Waals surface area contributed by atoms with Crippen LogP contribution in [0.5, 0.6) is 5.75 Å². The third-order valence-corrected chi connectivity index (χ3v) is 2.41. The second kappa shape index (κ2) is 5.25. The van der Waals surface area contributed by atoms with Gasteiger partial charge in [-0.25, -0.2) is 0 Å². The number of methoxy groups -OCH3 is 1. The fourth-order valence-electron chi connectivity index (χ4n) is 1.68. The first-order chi connectivity index (χ1) is 7.90. The zero-order chi connectivity index (χ0) is 13.1. The zero-order valence-electron chi connectivity index (χ0n) is 10.2. The van der Waals surface area contributed by atoms with Gasteiger partial charge in [0.1, 0.15) is 5.75 Å². The van der Waals surface area contributed by atoms with Crippen molar-refractivity contribution in [3.05, 3.63) is 29.3 Å². The van der Waals surface area contributed by atoms with E-state index in [1.165, 1.54) is 19.2 Å². The Labute approximate surface area is 99.6 Å². The van der Waals surface area contributed by atoms with Crippen LogP contribution >= 0.6 is 0 Å². The molecule has 0 aromatic heterocycles. The molecule has 0 unspecified atom stereocenters. The molecule has 0 atom stereocenters. The molecule has 1 rings (SSSR count). The van der Waals surface area contributed by atoms with Crippen LogP contribution in [0.15, 0.2) is 18.2 Å². The Morgan fingerprint density at radius 2 is 2.06 bits per heavy atom. The molecule has 0 heterocycles. The summed E-state index contributed by atoms with van der Waals surface area (Å²) < 4.78 is 31.7. The van der Waals surface area contributed by atoms with Crippen LogP contribution in [0.2, 0.25) is 0 Å². The van der Waals surface area contributed by atoms with Crippen molar-refractivity contribution in [1.29, 1.82) is 0 Å². The molecule has 4 heteroatoms. The van der Waals surface area contributed by atoms with Gasteiger partial charge in [-0.3, -0.25) is 4.79 Å². The second-order valence-electron chi connectivity index (χ2n) is 4.37. The van der Waals surface area contributed by atoms with E-state index in [1.54, 1.807) is 6.07 Å². The van der Waals surface area contributed by atoms with Gasteiger partial charge < -0.3 is 4.74 Å². The molecule has 0 bridgehead atoms. The number of hydrogen-bond donors (Lipinski definition) is 0. The summed E-state index contributed by atoms with van der Waals surface area (Å²) in [5.74, 6) is -3.10. The minimum atomic E-state index is -3.50. The Bertz CT molecular complexity index is 400. The fourth-order valence-corrected chi connectivity index (χ4v) is 1.68. The minimum Gasteiger partial charge on any atom is -0.496 e. The van der Waals surface area contributed by atoms with E-state index in [9.17, 15) is 13.6 Å². The van der Waals surface area contributed by atoms with Gasteiger partial charge in [0.15, 0.2) is 6.29 Å². The van der Waals surface area contributed by atoms with Gasteiger partial charge in [0.25, 0.3) is 0 Å². The molecule has 0 amide bonds. The van der Waals surface area contributed by atoms with Crippen LogP contribution in [0, 0.1) is 5.92 Å². The maximum Gasteiger partial charge on any atom is 0.331 e. The molecular weight excluding hydrogens is 226 g/mol. The number of rotatable bonds is 5. The lowest BCUT2D eigenvalue weighted by Crippen LogP contribution is -2.16. The van der Waals surface area contributed by atoms with Crippen LogP contribution in [0.3, 0.4) is 0 Å². The number of carbonyl (C=O) groups excluding carboxylic acids is 1. The molecule has 0 fully saturated rings. The number of alkyl halides is 2. The lowest BCUT2D eigenvalue weighted by atomic mass is 9.98. The van der Waals surface area contributed by atoms with Gasteiger partial charge in [0.05, 0.1) is 12.7 Å². The molecular formula is C13H16F2O2. The molecule has 0 N–H and O–H groups in total. The summed E-state index contributed by atoms with van der Waals surface area (Å²) in [4.78, 5) is 10.4. The summed E-state index contributed by atoms with van der Waals surface area (Å²) in [7, 11) is 1.31. The third-order valence-electron chi connectivity index (χ3n) is 2.41. The van der Waals surface area contributed by atoms with Crippen molar-refractivity contribution in [2.45, 2.75) is 26.2 Å². The van der Waals surface area contributed by atoms with E-state index in [0.717, 1.165) is 5.56 Å². The highest BCUT2D eigenvalue weighted by molar-refractivity contribution is 5.66. The van der Waals surface area contributed by atoms with Crippen molar-refractivity contribution < 1.29 is 18.3 Å². The Balaban J connectivity index is 3.20. The van der Waals surface area contributed by atoms with Gasteiger partial charge in [-0.05, 0) is 30.0 Å². The predicted molar refractivity (Wildman–Crippen MR) is 61.5 cm³/mol. The van der Waals surface area contributed by atoms with Gasteiger partial charge in [-0.2, -0.15) is 8.78 Å². The topological polar surface area (TPSA) is 26.3 Å². The zero-order valence-corrected chi connectivity index (χ0v) is 10.2. The number of carbonyl (C=O) groups is 1. The normalized spacial score (nSPS) is 11.6. The van der Waals surface area contributed by atoms with Gasteiger partial charge in [0, 0.05) is 0 Å². The van der Waals surface area contributed by atoms with Crippen LogP contribution in [0.1, 0.15) is 25.0 Å². The summed E-state index contributed by atoms with van der Waals surface area (Å²) in [5, 5.41) is 0. The quantitative estimate of drug-likeness (QED) is 0.741. The van der Waals surface area contributed by atoms with Crippen LogP contribution in [-0.2, 0) is 17.1 Å². The number of halogens is 2. The Kier molecular flexibility index (Phi) is 4.21. The number of benzene rings is 1. The van der Waals surface area contributed by atoms with E-state index in [0.29, 0.717) is 12.3 Å². The maximum absolute atomic E-state index is 13.4. The molecule has 0 saturated heterocycles. The first-order valence-corrected chi connectivity index (χ1v) is 5.42. The number of ether oxygens (including phenoxy) is 1. The molecule has 17 heavy (non-hydrogen) atoms. The predicted octanol–water partition coefficient (Wildman–Crippen LogP) is 3.18. The highest BCUT2D eigenvalue weighted by atomic mass is 19.3. The smallest absolute Gasteiger partial charge is 0.331 e. The highest BCUT2D eigenvalue weighted by Crippen LogP contribution is 2.34. The van der Waals surface area contributed by atoms with Crippen LogP contribution < -0.4 is 4.74 Å². The summed E-state index contributed by atoms with van der Waals surface area (Å²) in [5.41, 5.74) is 0.408. The van der Waals surface area contributed by atoms with Gasteiger partial charge >= 0.3 is 5.92 Å². The summed E-state index contributed by atoms with van der Waals surface area (Å²) in [6, 6.07) is 4.56. The molecule has 0 aliphatic carbocycles. The molecule has 0 saturated carbocycles. The van der Waals surface area contributed by atoms with Crippen molar-refractivity contribution in [1.82, 2.24) is 0 Å². The van der Waals surface area contributed by atoms with E-state index >= 15 is 0 Å². The number of hydrogen-bond acceptors (Lipinski definition) is 2. The van der Waals surface area contributed by atoms with Crippen LogP contribution in [0.4, 0.5) is 8.78 Å². The van der Waals surface area contributed by atoms with Crippen molar-refractivity contribution >= 4 is 6.29 Å². The van der Waals surface area contributed by atoms with Crippen molar-refractivity contribution in [2.24, 2.45) is 5.92 Å². The summed E-state index contributed by atoms with van der Waals surface area (Å²) in [6.07, 6.45) is 0.329. The minimum absolute atomic E-state index is 0.0367. The molecule has 0 aliphatic rings. The average molecular weight is 242 g/mol. The molecule has 0 spiro atoms. The SMILES string of the molecule is COc1ccc(CC(C)C)cc1C(F)(F)C=O. The van der Waals surface area contributed by atoms with Crippen LogP contribution in [-0.4, -0.2) is 13.4 Å². The van der Waals surface area contributed by atoms with Crippen molar-refractivity contribution in [2.75, 3.05) is 7.11 Å². The molecule has 1 aromatic carbocycles. The highest BCUT2D eigenvalue weighted by Gasteiger charge is 2.34. The molecule has 94 valence electrons. The van der Waals surface area contributed by atoms with Crippen molar-refractivity contribution in [3.8, 4) is 5.75 Å². The molecule has 0 radical (unpaired) electrons. The number of aldehydes is 1. The second-order valence-corrected chi connectivity index (χ2v) is 4.37. The van der Waals surface area contributed by atoms with E-state index in [4.69, 9.17) is 4.74 Å². The van der Waals surface area contributed by atoms with E-state index in [-0.39, 0.29) is 17.6 Å². The summed E-state index contributed by atoms with van der Waals surface area (Å²) >= 11 is 0. The average Bonchev–Trinajstić information content (AvgIpc) is 2.28. The van der Waals surface area contributed by atoms with E-state index in [1.807, 2.05) is 13.8 Å². The maximum atomic E-state index is 13.4. The van der Waals surface area contributed by atoms with Gasteiger partial charge in [-0.15, -0.1) is 0 Å². The molecule has 1 aromatic rings.